The van der Waals surface area contributed by atoms with Gasteiger partial charge in [0.25, 0.3) is 0 Å². The lowest BCUT2D eigenvalue weighted by molar-refractivity contribution is 1.33. The first-order valence-electron chi connectivity index (χ1n) is 19.9. The fourth-order valence-electron chi connectivity index (χ4n) is 9.20. The standard InChI is InChI=1S/C54H36NP3/c1-7-19-37(20-8-1)40-31-46-52-47(32-40)57(44-27-15-5-16-28-44)49-34-42(39-23-11-3-12-24-39)36-51-54(49)55(52)53-48(56(46)43-25-13-4-14-26-43)33-41(38-21-9-2-10-22-38)35-50(53)58(51)45-29-17-6-18-30-45/h1-36H. The molecule has 0 fully saturated rings. The molecule has 0 atom stereocenters. The molecule has 0 aromatic heterocycles. The van der Waals surface area contributed by atoms with Gasteiger partial charge in [-0.2, -0.15) is 0 Å². The number of rotatable bonds is 6. The summed E-state index contributed by atoms with van der Waals surface area (Å²) < 4.78 is 0. The van der Waals surface area contributed by atoms with Gasteiger partial charge in [-0.25, -0.2) is 0 Å². The molecule has 0 aliphatic carbocycles. The van der Waals surface area contributed by atoms with Gasteiger partial charge < -0.3 is 4.90 Å². The van der Waals surface area contributed by atoms with Crippen LogP contribution < -0.4 is 52.6 Å². The van der Waals surface area contributed by atoms with Gasteiger partial charge in [0.05, 0.1) is 17.1 Å². The SMILES string of the molecule is c1ccc(-c2cc3c4c(c2)P(c2ccccc2)c2cc(-c5ccccc5)cc5c2N4c2c(cc(-c4ccccc4)cc2P5c2ccccc2)P3c2ccccc2)cc1. The van der Waals surface area contributed by atoms with Crippen LogP contribution in [0, 0.1) is 0 Å². The van der Waals surface area contributed by atoms with Crippen molar-refractivity contribution >= 4 is 88.6 Å². The molecule has 3 heterocycles. The van der Waals surface area contributed by atoms with Crippen LogP contribution in [-0.4, -0.2) is 0 Å². The van der Waals surface area contributed by atoms with E-state index in [0.717, 1.165) is 0 Å². The molecule has 0 spiro atoms. The highest BCUT2D eigenvalue weighted by Gasteiger charge is 2.48. The molecule has 3 aliphatic rings. The first-order chi connectivity index (χ1) is 28.8. The molecule has 9 aromatic carbocycles. The van der Waals surface area contributed by atoms with Crippen molar-refractivity contribution in [3.8, 4) is 33.4 Å². The molecule has 58 heavy (non-hydrogen) atoms. The summed E-state index contributed by atoms with van der Waals surface area (Å²) in [5.41, 5.74) is 11.8. The molecular formula is C54H36NP3. The Morgan fingerprint density at radius 1 is 0.224 bits per heavy atom. The van der Waals surface area contributed by atoms with Gasteiger partial charge in [0, 0.05) is 31.8 Å². The third kappa shape index (κ3) is 5.35. The largest absolute Gasteiger partial charge is 0.306 e. The molecule has 0 saturated carbocycles. The Kier molecular flexibility index (Phi) is 8.17. The van der Waals surface area contributed by atoms with E-state index in [9.17, 15) is 0 Å². The van der Waals surface area contributed by atoms with E-state index in [0.29, 0.717) is 0 Å². The van der Waals surface area contributed by atoms with Crippen molar-refractivity contribution in [1.29, 1.82) is 0 Å². The van der Waals surface area contributed by atoms with E-state index in [1.165, 1.54) is 98.2 Å². The third-order valence-electron chi connectivity index (χ3n) is 11.7. The molecule has 0 radical (unpaired) electrons. The maximum absolute atomic E-state index is 2.75. The Morgan fingerprint density at radius 3 is 0.655 bits per heavy atom. The first-order valence-corrected chi connectivity index (χ1v) is 23.9. The quantitative estimate of drug-likeness (QED) is 0.152. The molecule has 0 N–H and O–H groups in total. The predicted molar refractivity (Wildman–Crippen MR) is 254 cm³/mol. The zero-order valence-corrected chi connectivity index (χ0v) is 34.3. The lowest BCUT2D eigenvalue weighted by Gasteiger charge is -2.50. The van der Waals surface area contributed by atoms with E-state index in [-0.39, 0.29) is 0 Å². The molecular weight excluding hydrogens is 756 g/mol. The Labute approximate surface area is 343 Å². The molecule has 0 amide bonds. The van der Waals surface area contributed by atoms with E-state index in [1.54, 1.807) is 0 Å². The smallest absolute Gasteiger partial charge is 0.0630 e. The lowest BCUT2D eigenvalue weighted by Crippen LogP contribution is -2.50. The summed E-state index contributed by atoms with van der Waals surface area (Å²) in [5.74, 6) is 0. The topological polar surface area (TPSA) is 3.24 Å². The van der Waals surface area contributed by atoms with Crippen LogP contribution in [0.25, 0.3) is 33.4 Å². The van der Waals surface area contributed by atoms with Gasteiger partial charge in [-0.3, -0.25) is 0 Å². The summed E-state index contributed by atoms with van der Waals surface area (Å²) in [5, 5.41) is 12.8. The van der Waals surface area contributed by atoms with Crippen molar-refractivity contribution in [1.82, 2.24) is 0 Å². The fraction of sp³-hybridized carbons (Fsp3) is 0. The van der Waals surface area contributed by atoms with Gasteiger partial charge in [-0.1, -0.05) is 182 Å². The van der Waals surface area contributed by atoms with Crippen LogP contribution in [0.15, 0.2) is 218 Å². The minimum Gasteiger partial charge on any atom is -0.306 e. The zero-order valence-electron chi connectivity index (χ0n) is 31.6. The maximum atomic E-state index is 2.75. The molecule has 3 aliphatic heterocycles. The van der Waals surface area contributed by atoms with Crippen molar-refractivity contribution in [3.05, 3.63) is 218 Å². The summed E-state index contributed by atoms with van der Waals surface area (Å²) >= 11 is 0. The molecule has 12 rings (SSSR count). The van der Waals surface area contributed by atoms with Crippen LogP contribution in [0.1, 0.15) is 0 Å². The fourth-order valence-corrected chi connectivity index (χ4v) is 17.5. The number of hydrogen-bond acceptors (Lipinski definition) is 1. The highest BCUT2D eigenvalue weighted by atomic mass is 31.1. The predicted octanol–water partition coefficient (Wildman–Crippen LogP) is 10.4. The van der Waals surface area contributed by atoms with Gasteiger partial charge in [-0.05, 0) is 109 Å². The van der Waals surface area contributed by atoms with Gasteiger partial charge in [0.1, 0.15) is 0 Å². The van der Waals surface area contributed by atoms with Crippen molar-refractivity contribution in [2.24, 2.45) is 0 Å². The Balaban J connectivity index is 1.28. The number of nitrogens with zero attached hydrogens (tertiary/aromatic N) is 1. The molecule has 4 heteroatoms. The summed E-state index contributed by atoms with van der Waals surface area (Å²) in [6, 6.07) is 82.6. The summed E-state index contributed by atoms with van der Waals surface area (Å²) in [4.78, 5) is 2.75. The number of hydrogen-bond donors (Lipinski definition) is 0. The molecule has 0 bridgehead atoms. The minimum absolute atomic E-state index is 0.942. The Bertz CT molecular complexity index is 2590. The normalized spacial score (nSPS) is 16.8. The monoisotopic (exact) mass is 791 g/mol. The highest BCUT2D eigenvalue weighted by Crippen LogP contribution is 2.60. The van der Waals surface area contributed by atoms with Gasteiger partial charge in [0.15, 0.2) is 0 Å². The summed E-state index contributed by atoms with van der Waals surface area (Å²) in [6.45, 7) is 0. The minimum atomic E-state index is -0.942. The zero-order chi connectivity index (χ0) is 38.2. The average molecular weight is 792 g/mol. The van der Waals surface area contributed by atoms with Crippen molar-refractivity contribution < 1.29 is 0 Å². The van der Waals surface area contributed by atoms with Crippen LogP contribution in [0.3, 0.4) is 0 Å². The molecule has 272 valence electrons. The second kappa shape index (κ2) is 13.9. The van der Waals surface area contributed by atoms with E-state index < -0.39 is 23.8 Å². The lowest BCUT2D eigenvalue weighted by atomic mass is 10.0. The van der Waals surface area contributed by atoms with Gasteiger partial charge in [-0.15, -0.1) is 0 Å². The molecule has 0 unspecified atom stereocenters. The second-order valence-corrected chi connectivity index (χ2v) is 21.5. The number of benzene rings is 9. The Hall–Kier alpha value is -5.93. The van der Waals surface area contributed by atoms with Crippen molar-refractivity contribution in [2.45, 2.75) is 0 Å². The van der Waals surface area contributed by atoms with Crippen LogP contribution in [0.4, 0.5) is 17.1 Å². The summed E-state index contributed by atoms with van der Waals surface area (Å²) in [6.07, 6.45) is 0. The molecule has 9 aromatic rings. The van der Waals surface area contributed by atoms with Crippen LogP contribution in [0.5, 0.6) is 0 Å². The van der Waals surface area contributed by atoms with E-state index in [1.807, 2.05) is 0 Å². The maximum Gasteiger partial charge on any atom is 0.0630 e. The first kappa shape index (κ1) is 34.1. The van der Waals surface area contributed by atoms with Gasteiger partial charge >= 0.3 is 0 Å². The Morgan fingerprint density at radius 2 is 0.431 bits per heavy atom. The number of anilines is 3. The van der Waals surface area contributed by atoms with Crippen LogP contribution >= 0.6 is 23.8 Å². The van der Waals surface area contributed by atoms with Gasteiger partial charge in [0.2, 0.25) is 0 Å². The van der Waals surface area contributed by atoms with E-state index >= 15 is 0 Å². The van der Waals surface area contributed by atoms with Crippen molar-refractivity contribution in [2.75, 3.05) is 4.90 Å². The van der Waals surface area contributed by atoms with Crippen LogP contribution in [0.2, 0.25) is 0 Å². The van der Waals surface area contributed by atoms with E-state index in [4.69, 9.17) is 0 Å². The molecule has 0 saturated heterocycles. The van der Waals surface area contributed by atoms with Crippen molar-refractivity contribution in [3.63, 3.8) is 0 Å². The summed E-state index contributed by atoms with van der Waals surface area (Å²) in [7, 11) is -2.83. The second-order valence-electron chi connectivity index (χ2n) is 15.0. The van der Waals surface area contributed by atoms with E-state index in [2.05, 4.69) is 223 Å². The third-order valence-corrected chi connectivity index (χ3v) is 19.1. The van der Waals surface area contributed by atoms with Crippen LogP contribution in [-0.2, 0) is 0 Å². The highest BCUT2D eigenvalue weighted by molar-refractivity contribution is 7.84. The average Bonchev–Trinajstić information content (AvgIpc) is 3.30. The molecule has 1 nitrogen and oxygen atoms in total.